The second-order valence-corrected chi connectivity index (χ2v) is 5.70. The van der Waals surface area contributed by atoms with Crippen molar-refractivity contribution in [3.63, 3.8) is 0 Å². The number of aliphatic imine (C=N–C) groups is 1. The first-order valence-corrected chi connectivity index (χ1v) is 6.93. The Labute approximate surface area is 114 Å². The van der Waals surface area contributed by atoms with Gasteiger partial charge in [0.2, 0.25) is 0 Å². The summed E-state index contributed by atoms with van der Waals surface area (Å²) in [5.41, 5.74) is 7.37. The van der Waals surface area contributed by atoms with E-state index in [0.29, 0.717) is 11.4 Å². The topological polar surface area (TPSA) is 59.6 Å². The lowest BCUT2D eigenvalue weighted by molar-refractivity contribution is 0.415. The molecule has 0 radical (unpaired) electrons. The smallest absolute Gasteiger partial charge is 0.193 e. The first-order chi connectivity index (χ1) is 9.22. The van der Waals surface area contributed by atoms with E-state index in [1.807, 2.05) is 24.3 Å². The molecule has 0 heterocycles. The first-order valence-electron chi connectivity index (χ1n) is 6.93. The Morgan fingerprint density at radius 3 is 2.89 bits per heavy atom. The number of guanidine groups is 1. The summed E-state index contributed by atoms with van der Waals surface area (Å²) in [6.45, 7) is 0.875. The van der Waals surface area contributed by atoms with Crippen LogP contribution in [0.4, 0.5) is 5.69 Å². The molecule has 2 fully saturated rings. The number of methoxy groups -OCH3 is 1. The van der Waals surface area contributed by atoms with Crippen molar-refractivity contribution >= 4 is 11.6 Å². The molecule has 3 N–H and O–H groups in total. The average molecular weight is 259 g/mol. The van der Waals surface area contributed by atoms with E-state index in [2.05, 4.69) is 10.3 Å². The van der Waals surface area contributed by atoms with Crippen LogP contribution in [0.15, 0.2) is 29.3 Å². The molecule has 102 valence electrons. The number of nitrogens with two attached hydrogens (primary N) is 1. The van der Waals surface area contributed by atoms with E-state index in [1.165, 1.54) is 25.7 Å². The molecular weight excluding hydrogens is 238 g/mol. The molecule has 3 rings (SSSR count). The van der Waals surface area contributed by atoms with Crippen LogP contribution < -0.4 is 15.8 Å². The standard InChI is InChI=1S/C15H21N3O/c1-19-13-4-2-3-12(9-13)18-14(16)17-10-15(7-8-15)11-5-6-11/h2-4,9,11H,5-8,10H2,1H3,(H3,16,17,18). The van der Waals surface area contributed by atoms with Gasteiger partial charge in [-0.3, -0.25) is 4.99 Å². The van der Waals surface area contributed by atoms with Crippen LogP contribution in [0.25, 0.3) is 0 Å². The van der Waals surface area contributed by atoms with Gasteiger partial charge in [-0.05, 0) is 49.1 Å². The average Bonchev–Trinajstić information content (AvgIpc) is 3.28. The number of hydrogen-bond donors (Lipinski definition) is 2. The minimum Gasteiger partial charge on any atom is -0.497 e. The molecule has 0 spiro atoms. The Morgan fingerprint density at radius 1 is 1.47 bits per heavy atom. The van der Waals surface area contributed by atoms with Crippen molar-refractivity contribution in [1.29, 1.82) is 0 Å². The molecule has 0 aromatic heterocycles. The van der Waals surface area contributed by atoms with Crippen molar-refractivity contribution in [2.45, 2.75) is 25.7 Å². The molecule has 0 bridgehead atoms. The minimum absolute atomic E-state index is 0.500. The molecule has 4 heteroatoms. The van der Waals surface area contributed by atoms with Crippen LogP contribution in [-0.4, -0.2) is 19.6 Å². The Morgan fingerprint density at radius 2 is 2.26 bits per heavy atom. The Balaban J connectivity index is 1.59. The fourth-order valence-electron chi connectivity index (χ4n) is 2.68. The Bertz CT molecular complexity index is 490. The van der Waals surface area contributed by atoms with Crippen LogP contribution in [0.3, 0.4) is 0 Å². The van der Waals surface area contributed by atoms with Gasteiger partial charge in [-0.25, -0.2) is 0 Å². The molecule has 2 aliphatic carbocycles. The van der Waals surface area contributed by atoms with Crippen LogP contribution in [0.1, 0.15) is 25.7 Å². The van der Waals surface area contributed by atoms with E-state index >= 15 is 0 Å². The second kappa shape index (κ2) is 4.76. The summed E-state index contributed by atoms with van der Waals surface area (Å²) < 4.78 is 5.18. The largest absolute Gasteiger partial charge is 0.497 e. The molecule has 19 heavy (non-hydrogen) atoms. The van der Waals surface area contributed by atoms with Gasteiger partial charge >= 0.3 is 0 Å². The summed E-state index contributed by atoms with van der Waals surface area (Å²) in [4.78, 5) is 4.51. The number of hydrogen-bond acceptors (Lipinski definition) is 2. The fraction of sp³-hybridized carbons (Fsp3) is 0.533. The maximum absolute atomic E-state index is 5.95. The van der Waals surface area contributed by atoms with Crippen LogP contribution in [0, 0.1) is 11.3 Å². The number of benzene rings is 1. The van der Waals surface area contributed by atoms with Crippen molar-refractivity contribution in [3.8, 4) is 5.75 Å². The molecule has 0 amide bonds. The van der Waals surface area contributed by atoms with Crippen molar-refractivity contribution in [3.05, 3.63) is 24.3 Å². The quantitative estimate of drug-likeness (QED) is 0.631. The first kappa shape index (κ1) is 12.3. The van der Waals surface area contributed by atoms with Crippen molar-refractivity contribution in [1.82, 2.24) is 0 Å². The van der Waals surface area contributed by atoms with E-state index < -0.39 is 0 Å². The van der Waals surface area contributed by atoms with Gasteiger partial charge in [0.05, 0.1) is 7.11 Å². The van der Waals surface area contributed by atoms with E-state index in [4.69, 9.17) is 10.5 Å². The predicted octanol–water partition coefficient (Wildman–Crippen LogP) is 2.61. The summed E-state index contributed by atoms with van der Waals surface area (Å²) in [6, 6.07) is 7.71. The maximum Gasteiger partial charge on any atom is 0.193 e. The third kappa shape index (κ3) is 2.83. The van der Waals surface area contributed by atoms with E-state index in [-0.39, 0.29) is 0 Å². The van der Waals surface area contributed by atoms with Crippen LogP contribution in [0.2, 0.25) is 0 Å². The summed E-state index contributed by atoms with van der Waals surface area (Å²) in [7, 11) is 1.66. The van der Waals surface area contributed by atoms with Gasteiger partial charge in [-0.1, -0.05) is 6.07 Å². The van der Waals surface area contributed by atoms with Gasteiger partial charge < -0.3 is 15.8 Å². The van der Waals surface area contributed by atoms with E-state index in [1.54, 1.807) is 7.11 Å². The molecule has 1 aromatic carbocycles. The summed E-state index contributed by atoms with van der Waals surface area (Å²) in [5.74, 6) is 2.23. The lowest BCUT2D eigenvalue weighted by Gasteiger charge is -2.12. The highest BCUT2D eigenvalue weighted by Gasteiger charge is 2.53. The van der Waals surface area contributed by atoms with Crippen molar-refractivity contribution in [2.75, 3.05) is 19.0 Å². The van der Waals surface area contributed by atoms with Gasteiger partial charge in [0.15, 0.2) is 5.96 Å². The SMILES string of the molecule is COc1cccc(NC(N)=NCC2(C3CC3)CC2)c1. The van der Waals surface area contributed by atoms with Gasteiger partial charge in [0, 0.05) is 18.3 Å². The van der Waals surface area contributed by atoms with Crippen molar-refractivity contribution < 1.29 is 4.74 Å². The number of nitrogens with one attached hydrogen (secondary N) is 1. The molecule has 0 aliphatic heterocycles. The Hall–Kier alpha value is -1.71. The van der Waals surface area contributed by atoms with E-state index in [0.717, 1.165) is 23.9 Å². The monoisotopic (exact) mass is 259 g/mol. The van der Waals surface area contributed by atoms with Gasteiger partial charge in [-0.15, -0.1) is 0 Å². The number of nitrogens with zero attached hydrogens (tertiary/aromatic N) is 1. The van der Waals surface area contributed by atoms with Crippen LogP contribution >= 0.6 is 0 Å². The minimum atomic E-state index is 0.500. The number of ether oxygens (including phenoxy) is 1. The molecular formula is C15H21N3O. The predicted molar refractivity (Wildman–Crippen MR) is 77.5 cm³/mol. The molecule has 0 saturated heterocycles. The fourth-order valence-corrected chi connectivity index (χ4v) is 2.68. The summed E-state index contributed by atoms with van der Waals surface area (Å²) in [6.07, 6.45) is 5.43. The molecule has 4 nitrogen and oxygen atoms in total. The number of rotatable bonds is 5. The van der Waals surface area contributed by atoms with Crippen LogP contribution in [-0.2, 0) is 0 Å². The molecule has 2 saturated carbocycles. The zero-order valence-corrected chi connectivity index (χ0v) is 11.4. The lowest BCUT2D eigenvalue weighted by Crippen LogP contribution is -2.24. The Kier molecular flexibility index (Phi) is 3.09. The highest BCUT2D eigenvalue weighted by Crippen LogP contribution is 2.61. The molecule has 2 aliphatic rings. The highest BCUT2D eigenvalue weighted by molar-refractivity contribution is 5.92. The van der Waals surface area contributed by atoms with Gasteiger partial charge in [0.25, 0.3) is 0 Å². The highest BCUT2D eigenvalue weighted by atomic mass is 16.5. The summed E-state index contributed by atoms with van der Waals surface area (Å²) in [5, 5.41) is 3.12. The zero-order chi connectivity index (χ0) is 13.3. The van der Waals surface area contributed by atoms with Crippen molar-refractivity contribution in [2.24, 2.45) is 22.1 Å². The van der Waals surface area contributed by atoms with Crippen LogP contribution in [0.5, 0.6) is 5.75 Å². The zero-order valence-electron chi connectivity index (χ0n) is 11.4. The van der Waals surface area contributed by atoms with Gasteiger partial charge in [-0.2, -0.15) is 0 Å². The molecule has 0 unspecified atom stereocenters. The van der Waals surface area contributed by atoms with Gasteiger partial charge in [0.1, 0.15) is 5.75 Å². The third-order valence-electron chi connectivity index (χ3n) is 4.24. The third-order valence-corrected chi connectivity index (χ3v) is 4.24. The van der Waals surface area contributed by atoms with E-state index in [9.17, 15) is 0 Å². The number of anilines is 1. The maximum atomic E-state index is 5.95. The normalized spacial score (nSPS) is 21.0. The summed E-state index contributed by atoms with van der Waals surface area (Å²) >= 11 is 0. The molecule has 1 aromatic rings. The molecule has 0 atom stereocenters. The lowest BCUT2D eigenvalue weighted by atomic mass is 10.0. The second-order valence-electron chi connectivity index (χ2n) is 5.70.